The van der Waals surface area contributed by atoms with E-state index in [9.17, 15) is 4.79 Å². The van der Waals surface area contributed by atoms with Crippen LogP contribution < -0.4 is 19.7 Å². The highest BCUT2D eigenvalue weighted by atomic mass is 35.5. The summed E-state index contributed by atoms with van der Waals surface area (Å²) in [5.41, 5.74) is 3.59. The van der Waals surface area contributed by atoms with Gasteiger partial charge in [-0.25, -0.2) is 0 Å². The maximum atomic E-state index is 13.7. The van der Waals surface area contributed by atoms with Gasteiger partial charge in [0.2, 0.25) is 0 Å². The van der Waals surface area contributed by atoms with E-state index in [0.29, 0.717) is 34.4 Å². The second kappa shape index (κ2) is 7.55. The molecule has 0 bridgehead atoms. The van der Waals surface area contributed by atoms with Gasteiger partial charge in [0.05, 0.1) is 25.0 Å². The van der Waals surface area contributed by atoms with Gasteiger partial charge in [0, 0.05) is 21.8 Å². The number of nitrogens with zero attached hydrogens (tertiary/aromatic N) is 1. The van der Waals surface area contributed by atoms with E-state index in [4.69, 9.17) is 25.8 Å². The van der Waals surface area contributed by atoms with E-state index in [1.807, 2.05) is 54.6 Å². The molecule has 1 N–H and O–H groups in total. The molecular formula is C23H19ClN2O4. The average molecular weight is 423 g/mol. The number of hydrogen-bond donors (Lipinski definition) is 1. The van der Waals surface area contributed by atoms with E-state index in [-0.39, 0.29) is 12.7 Å². The third-order valence-corrected chi connectivity index (χ3v) is 5.49. The van der Waals surface area contributed by atoms with Gasteiger partial charge in [0.25, 0.3) is 5.91 Å². The van der Waals surface area contributed by atoms with Gasteiger partial charge >= 0.3 is 0 Å². The van der Waals surface area contributed by atoms with Gasteiger partial charge in [0.15, 0.2) is 6.79 Å². The molecule has 3 aromatic rings. The third kappa shape index (κ3) is 3.05. The molecule has 0 fully saturated rings. The SMILES string of the molecule is COc1ccccc1N1C(=O)c2ccccc2NC1c1cc(Cl)cc2c1OCOC2. The Bertz CT molecular complexity index is 1130. The molecular weight excluding hydrogens is 404 g/mol. The van der Waals surface area contributed by atoms with E-state index >= 15 is 0 Å². The molecule has 0 saturated heterocycles. The van der Waals surface area contributed by atoms with Gasteiger partial charge in [-0.3, -0.25) is 9.69 Å². The fourth-order valence-corrected chi connectivity index (χ4v) is 4.21. The molecule has 0 radical (unpaired) electrons. The maximum absolute atomic E-state index is 13.7. The van der Waals surface area contributed by atoms with Gasteiger partial charge in [-0.15, -0.1) is 0 Å². The summed E-state index contributed by atoms with van der Waals surface area (Å²) in [5.74, 6) is 1.13. The Morgan fingerprint density at radius 3 is 2.80 bits per heavy atom. The van der Waals surface area contributed by atoms with Gasteiger partial charge in [-0.05, 0) is 36.4 Å². The molecule has 1 unspecified atom stereocenters. The number of anilines is 2. The Balaban J connectivity index is 1.73. The zero-order chi connectivity index (χ0) is 20.7. The standard InChI is InChI=1S/C23H19ClN2O4/c1-28-20-9-5-4-8-19(20)26-22(25-18-7-3-2-6-16(18)23(26)27)17-11-15(24)10-14-12-29-13-30-21(14)17/h2-11,22,25H,12-13H2,1H3. The molecule has 1 atom stereocenters. The van der Waals surface area contributed by atoms with E-state index in [1.165, 1.54) is 0 Å². The van der Waals surface area contributed by atoms with Crippen LogP contribution >= 0.6 is 11.6 Å². The van der Waals surface area contributed by atoms with Crippen molar-refractivity contribution in [2.24, 2.45) is 0 Å². The van der Waals surface area contributed by atoms with Crippen molar-refractivity contribution < 1.29 is 19.0 Å². The van der Waals surface area contributed by atoms with Crippen LogP contribution in [0.3, 0.4) is 0 Å². The zero-order valence-corrected chi connectivity index (χ0v) is 17.0. The van der Waals surface area contributed by atoms with Gasteiger partial charge < -0.3 is 19.5 Å². The summed E-state index contributed by atoms with van der Waals surface area (Å²) in [6.45, 7) is 0.544. The van der Waals surface area contributed by atoms with Crippen molar-refractivity contribution in [3.05, 3.63) is 82.4 Å². The number of rotatable bonds is 3. The van der Waals surface area contributed by atoms with Gasteiger partial charge in [0.1, 0.15) is 17.7 Å². The predicted molar refractivity (Wildman–Crippen MR) is 114 cm³/mol. The van der Waals surface area contributed by atoms with Gasteiger partial charge in [-0.1, -0.05) is 35.9 Å². The summed E-state index contributed by atoms with van der Waals surface area (Å²) in [4.78, 5) is 15.3. The number of hydrogen-bond acceptors (Lipinski definition) is 5. The van der Waals surface area contributed by atoms with Crippen LogP contribution in [0, 0.1) is 0 Å². The van der Waals surface area contributed by atoms with Crippen LogP contribution in [0.25, 0.3) is 0 Å². The van der Waals surface area contributed by atoms with Crippen LogP contribution in [-0.2, 0) is 11.3 Å². The number of ether oxygens (including phenoxy) is 3. The summed E-state index contributed by atoms with van der Waals surface area (Å²) < 4.78 is 16.8. The molecule has 0 spiro atoms. The first-order valence-corrected chi connectivity index (χ1v) is 9.90. The monoisotopic (exact) mass is 422 g/mol. The molecule has 7 heteroatoms. The normalized spacial score (nSPS) is 17.5. The van der Waals surface area contributed by atoms with Crippen LogP contribution in [0.2, 0.25) is 5.02 Å². The lowest BCUT2D eigenvalue weighted by molar-refractivity contribution is -0.0172. The summed E-state index contributed by atoms with van der Waals surface area (Å²) in [6, 6.07) is 18.5. The molecule has 5 rings (SSSR count). The fraction of sp³-hybridized carbons (Fsp3) is 0.174. The van der Waals surface area contributed by atoms with Crippen LogP contribution in [-0.4, -0.2) is 19.8 Å². The highest BCUT2D eigenvalue weighted by molar-refractivity contribution is 6.30. The van der Waals surface area contributed by atoms with Crippen molar-refractivity contribution in [3.8, 4) is 11.5 Å². The molecule has 0 aliphatic carbocycles. The molecule has 6 nitrogen and oxygen atoms in total. The first-order chi connectivity index (χ1) is 14.7. The molecule has 2 aliphatic heterocycles. The average Bonchev–Trinajstić information content (AvgIpc) is 2.78. The Morgan fingerprint density at radius 2 is 1.93 bits per heavy atom. The van der Waals surface area contributed by atoms with E-state index < -0.39 is 6.17 Å². The Kier molecular flexibility index (Phi) is 4.73. The summed E-state index contributed by atoms with van der Waals surface area (Å²) in [7, 11) is 1.59. The lowest BCUT2D eigenvalue weighted by Crippen LogP contribution is -2.43. The van der Waals surface area contributed by atoms with Crippen molar-refractivity contribution in [2.75, 3.05) is 24.1 Å². The first kappa shape index (κ1) is 18.8. The minimum atomic E-state index is -0.547. The number of benzene rings is 3. The van der Waals surface area contributed by atoms with Crippen LogP contribution in [0.15, 0.2) is 60.7 Å². The summed E-state index contributed by atoms with van der Waals surface area (Å²) >= 11 is 6.42. The third-order valence-electron chi connectivity index (χ3n) is 5.27. The minimum Gasteiger partial charge on any atom is -0.495 e. The second-order valence-corrected chi connectivity index (χ2v) is 7.47. The summed E-state index contributed by atoms with van der Waals surface area (Å²) in [5, 5.41) is 4.04. The number of amides is 1. The number of halogens is 1. The Hall–Kier alpha value is -3.22. The number of fused-ring (bicyclic) bond motifs is 2. The number of para-hydroxylation sites is 3. The van der Waals surface area contributed by atoms with Crippen LogP contribution in [0.5, 0.6) is 11.5 Å². The van der Waals surface area contributed by atoms with E-state index in [0.717, 1.165) is 16.8 Å². The molecule has 2 heterocycles. The predicted octanol–water partition coefficient (Wildman–Crippen LogP) is 4.99. The molecule has 1 amide bonds. The molecule has 0 saturated carbocycles. The minimum absolute atomic E-state index is 0.139. The Morgan fingerprint density at radius 1 is 1.13 bits per heavy atom. The highest BCUT2D eigenvalue weighted by Gasteiger charge is 2.38. The quantitative estimate of drug-likeness (QED) is 0.644. The van der Waals surface area contributed by atoms with Crippen molar-refractivity contribution in [3.63, 3.8) is 0 Å². The van der Waals surface area contributed by atoms with E-state index in [1.54, 1.807) is 18.1 Å². The molecule has 2 aliphatic rings. The van der Waals surface area contributed by atoms with Crippen LogP contribution in [0.4, 0.5) is 11.4 Å². The van der Waals surface area contributed by atoms with Gasteiger partial charge in [-0.2, -0.15) is 0 Å². The number of nitrogens with one attached hydrogen (secondary N) is 1. The number of methoxy groups -OCH3 is 1. The molecule has 30 heavy (non-hydrogen) atoms. The Labute approximate surface area is 178 Å². The zero-order valence-electron chi connectivity index (χ0n) is 16.2. The van der Waals surface area contributed by atoms with Crippen LogP contribution in [0.1, 0.15) is 27.7 Å². The topological polar surface area (TPSA) is 60.0 Å². The first-order valence-electron chi connectivity index (χ1n) is 9.52. The summed E-state index contributed by atoms with van der Waals surface area (Å²) in [6.07, 6.45) is -0.547. The van der Waals surface area contributed by atoms with Crippen molar-refractivity contribution >= 4 is 28.9 Å². The lowest BCUT2D eigenvalue weighted by Gasteiger charge is -2.39. The maximum Gasteiger partial charge on any atom is 0.262 e. The molecule has 3 aromatic carbocycles. The largest absolute Gasteiger partial charge is 0.495 e. The smallest absolute Gasteiger partial charge is 0.262 e. The lowest BCUT2D eigenvalue weighted by atomic mass is 9.99. The van der Waals surface area contributed by atoms with E-state index in [2.05, 4.69) is 5.32 Å². The van der Waals surface area contributed by atoms with Crippen molar-refractivity contribution in [2.45, 2.75) is 12.8 Å². The van der Waals surface area contributed by atoms with Crippen molar-refractivity contribution in [1.29, 1.82) is 0 Å². The molecule has 152 valence electrons. The number of carbonyl (C=O) groups is 1. The second-order valence-electron chi connectivity index (χ2n) is 7.03. The van der Waals surface area contributed by atoms with Crippen molar-refractivity contribution in [1.82, 2.24) is 0 Å². The number of carbonyl (C=O) groups excluding carboxylic acids is 1. The fourth-order valence-electron chi connectivity index (χ4n) is 3.96. The highest BCUT2D eigenvalue weighted by Crippen LogP contribution is 2.44. The molecule has 0 aromatic heterocycles.